The maximum Gasteiger partial charge on any atom is 0.240 e. The topological polar surface area (TPSA) is 46.2 Å². The number of hydrogen-bond donors (Lipinski definition) is 1. The summed E-state index contributed by atoms with van der Waals surface area (Å²) in [5, 5.41) is 0.846. The van der Waals surface area contributed by atoms with Crippen molar-refractivity contribution in [3.63, 3.8) is 0 Å². The average Bonchev–Trinajstić information content (AvgIpc) is 2.48. The summed E-state index contributed by atoms with van der Waals surface area (Å²) in [4.78, 5) is 0.250. The summed E-state index contributed by atoms with van der Waals surface area (Å²) in [5.41, 5.74) is 1.84. The molecule has 0 atom stereocenters. The Morgan fingerprint density at radius 1 is 0.952 bits per heavy atom. The number of nitrogens with one attached hydrogen (secondary N) is 1. The smallest absolute Gasteiger partial charge is 0.207 e. The van der Waals surface area contributed by atoms with E-state index in [9.17, 15) is 8.42 Å². The van der Waals surface area contributed by atoms with Crippen molar-refractivity contribution in [2.24, 2.45) is 0 Å². The molecule has 0 amide bonds. The van der Waals surface area contributed by atoms with E-state index in [0.717, 1.165) is 17.5 Å². The van der Waals surface area contributed by atoms with Crippen LogP contribution in [0.4, 0.5) is 0 Å². The van der Waals surface area contributed by atoms with Gasteiger partial charge in [0.2, 0.25) is 10.0 Å². The van der Waals surface area contributed by atoms with Gasteiger partial charge in [0, 0.05) is 6.54 Å². The van der Waals surface area contributed by atoms with E-state index in [4.69, 9.17) is 23.2 Å². The largest absolute Gasteiger partial charge is 0.240 e. The van der Waals surface area contributed by atoms with Gasteiger partial charge in [0.15, 0.2) is 0 Å². The minimum Gasteiger partial charge on any atom is -0.207 e. The lowest BCUT2D eigenvalue weighted by molar-refractivity contribution is 0.581. The molecule has 3 nitrogen and oxygen atoms in total. The number of hydrogen-bond acceptors (Lipinski definition) is 2. The Morgan fingerprint density at radius 2 is 1.57 bits per heavy atom. The Kier molecular flexibility index (Phi) is 5.27. The molecule has 112 valence electrons. The predicted molar refractivity (Wildman–Crippen MR) is 86.3 cm³/mol. The van der Waals surface area contributed by atoms with Gasteiger partial charge in [-0.15, -0.1) is 0 Å². The Labute approximate surface area is 135 Å². The van der Waals surface area contributed by atoms with Crippen molar-refractivity contribution < 1.29 is 8.42 Å². The van der Waals surface area contributed by atoms with Crippen molar-refractivity contribution in [1.29, 1.82) is 0 Å². The third-order valence-corrected chi connectivity index (χ3v) is 5.25. The lowest BCUT2D eigenvalue weighted by atomic mass is 10.2. The van der Waals surface area contributed by atoms with E-state index in [1.54, 1.807) is 30.3 Å². The van der Waals surface area contributed by atoms with Crippen LogP contribution in [0.3, 0.4) is 0 Å². The van der Waals surface area contributed by atoms with E-state index in [1.807, 2.05) is 19.1 Å². The molecule has 2 aromatic carbocycles. The minimum atomic E-state index is -3.53. The maximum absolute atomic E-state index is 12.2. The predicted octanol–water partition coefficient (Wildman–Crippen LogP) is 4.03. The van der Waals surface area contributed by atoms with Crippen LogP contribution in [0.25, 0.3) is 0 Å². The van der Waals surface area contributed by atoms with E-state index < -0.39 is 10.0 Å². The van der Waals surface area contributed by atoms with E-state index in [1.165, 1.54) is 0 Å². The van der Waals surface area contributed by atoms with Crippen molar-refractivity contribution in [2.45, 2.75) is 24.8 Å². The summed E-state index contributed by atoms with van der Waals surface area (Å²) >= 11 is 11.7. The Balaban J connectivity index is 2.11. The van der Waals surface area contributed by atoms with Crippen LogP contribution in [-0.2, 0) is 23.0 Å². The molecule has 0 heterocycles. The quantitative estimate of drug-likeness (QED) is 0.890. The molecule has 0 saturated heterocycles. The van der Waals surface area contributed by atoms with E-state index in [0.29, 0.717) is 10.0 Å². The molecule has 2 rings (SSSR count). The third-order valence-electron chi connectivity index (χ3n) is 3.09. The highest BCUT2D eigenvalue weighted by atomic mass is 35.5. The lowest BCUT2D eigenvalue weighted by Crippen LogP contribution is -2.23. The SMILES string of the molecule is CCc1ccc(S(=O)(=O)NCc2ccc(Cl)c(Cl)c2)cc1. The summed E-state index contributed by atoms with van der Waals surface area (Å²) in [6, 6.07) is 11.9. The number of benzene rings is 2. The molecule has 6 heteroatoms. The molecule has 0 saturated carbocycles. The molecule has 0 aromatic heterocycles. The Morgan fingerprint density at radius 3 is 2.14 bits per heavy atom. The molecule has 0 spiro atoms. The number of rotatable bonds is 5. The van der Waals surface area contributed by atoms with Gasteiger partial charge in [0.1, 0.15) is 0 Å². The highest BCUT2D eigenvalue weighted by Crippen LogP contribution is 2.22. The summed E-state index contributed by atoms with van der Waals surface area (Å²) in [7, 11) is -3.53. The molecule has 0 aliphatic heterocycles. The van der Waals surface area contributed by atoms with Crippen molar-refractivity contribution in [3.8, 4) is 0 Å². The summed E-state index contributed by atoms with van der Waals surface area (Å²) < 4.78 is 26.9. The molecule has 0 fully saturated rings. The normalized spacial score (nSPS) is 11.6. The second kappa shape index (κ2) is 6.79. The van der Waals surface area contributed by atoms with Gasteiger partial charge in [-0.1, -0.05) is 48.3 Å². The van der Waals surface area contributed by atoms with E-state index >= 15 is 0 Å². The lowest BCUT2D eigenvalue weighted by Gasteiger charge is -2.08. The number of halogens is 2. The van der Waals surface area contributed by atoms with E-state index in [-0.39, 0.29) is 11.4 Å². The van der Waals surface area contributed by atoms with Gasteiger partial charge in [0.25, 0.3) is 0 Å². The number of aryl methyl sites for hydroxylation is 1. The molecular formula is C15H15Cl2NO2S. The second-order valence-corrected chi connectivity index (χ2v) is 7.15. The Bertz CT molecular complexity index is 728. The zero-order chi connectivity index (χ0) is 15.5. The fourth-order valence-electron chi connectivity index (χ4n) is 1.82. The monoisotopic (exact) mass is 343 g/mol. The third kappa shape index (κ3) is 4.20. The van der Waals surface area contributed by atoms with Crippen LogP contribution in [-0.4, -0.2) is 8.42 Å². The van der Waals surface area contributed by atoms with Crippen molar-refractivity contribution in [3.05, 3.63) is 63.6 Å². The molecule has 0 bridgehead atoms. The first-order valence-corrected chi connectivity index (χ1v) is 8.69. The number of sulfonamides is 1. The summed E-state index contributed by atoms with van der Waals surface area (Å²) in [6.45, 7) is 2.18. The van der Waals surface area contributed by atoms with Gasteiger partial charge in [0.05, 0.1) is 14.9 Å². The van der Waals surface area contributed by atoms with Gasteiger partial charge in [-0.3, -0.25) is 0 Å². The van der Waals surface area contributed by atoms with Crippen LogP contribution in [0, 0.1) is 0 Å². The van der Waals surface area contributed by atoms with Gasteiger partial charge in [-0.05, 0) is 41.8 Å². The molecule has 0 unspecified atom stereocenters. The van der Waals surface area contributed by atoms with Crippen LogP contribution in [0.5, 0.6) is 0 Å². The molecule has 0 radical (unpaired) electrons. The van der Waals surface area contributed by atoms with Crippen LogP contribution in [0.15, 0.2) is 47.4 Å². The first-order valence-electron chi connectivity index (χ1n) is 6.45. The molecule has 21 heavy (non-hydrogen) atoms. The minimum absolute atomic E-state index is 0.161. The molecule has 0 aliphatic carbocycles. The summed E-state index contributed by atoms with van der Waals surface area (Å²) in [5.74, 6) is 0. The molecular weight excluding hydrogens is 329 g/mol. The standard InChI is InChI=1S/C15H15Cl2NO2S/c1-2-11-3-6-13(7-4-11)21(19,20)18-10-12-5-8-14(16)15(17)9-12/h3-9,18H,2,10H2,1H3. The van der Waals surface area contributed by atoms with Crippen molar-refractivity contribution in [2.75, 3.05) is 0 Å². The molecule has 1 N–H and O–H groups in total. The van der Waals surface area contributed by atoms with Crippen molar-refractivity contribution >= 4 is 33.2 Å². The van der Waals surface area contributed by atoms with Gasteiger partial charge in [-0.2, -0.15) is 0 Å². The van der Waals surface area contributed by atoms with Crippen LogP contribution < -0.4 is 4.72 Å². The molecule has 0 aliphatic rings. The first kappa shape index (κ1) is 16.3. The first-order chi connectivity index (χ1) is 9.92. The summed E-state index contributed by atoms with van der Waals surface area (Å²) in [6.07, 6.45) is 0.872. The van der Waals surface area contributed by atoms with Crippen LogP contribution >= 0.6 is 23.2 Å². The molecule has 2 aromatic rings. The van der Waals surface area contributed by atoms with E-state index in [2.05, 4.69) is 4.72 Å². The zero-order valence-electron chi connectivity index (χ0n) is 11.4. The van der Waals surface area contributed by atoms with Crippen LogP contribution in [0.1, 0.15) is 18.1 Å². The average molecular weight is 344 g/mol. The second-order valence-electron chi connectivity index (χ2n) is 4.57. The van der Waals surface area contributed by atoms with Gasteiger partial charge >= 0.3 is 0 Å². The van der Waals surface area contributed by atoms with Crippen LogP contribution in [0.2, 0.25) is 10.0 Å². The van der Waals surface area contributed by atoms with Crippen molar-refractivity contribution in [1.82, 2.24) is 4.72 Å². The van der Waals surface area contributed by atoms with Gasteiger partial charge in [-0.25, -0.2) is 13.1 Å². The fourth-order valence-corrected chi connectivity index (χ4v) is 3.15. The zero-order valence-corrected chi connectivity index (χ0v) is 13.8. The fraction of sp³-hybridized carbons (Fsp3) is 0.200. The highest BCUT2D eigenvalue weighted by molar-refractivity contribution is 7.89. The highest BCUT2D eigenvalue weighted by Gasteiger charge is 2.13. The van der Waals surface area contributed by atoms with Gasteiger partial charge < -0.3 is 0 Å². The maximum atomic E-state index is 12.2. The Hall–Kier alpha value is -1.07.